The lowest BCUT2D eigenvalue weighted by molar-refractivity contribution is -0.126. The predicted molar refractivity (Wildman–Crippen MR) is 131 cm³/mol. The van der Waals surface area contributed by atoms with Crippen molar-refractivity contribution in [3.8, 4) is 0 Å². The lowest BCUT2D eigenvalue weighted by atomic mass is 9.94. The molecule has 0 spiro atoms. The van der Waals surface area contributed by atoms with Crippen LogP contribution in [0.5, 0.6) is 0 Å². The zero-order chi connectivity index (χ0) is 22.5. The smallest absolute Gasteiger partial charge is 0.270 e. The van der Waals surface area contributed by atoms with Crippen molar-refractivity contribution in [1.29, 1.82) is 0 Å². The molecule has 7 heteroatoms. The van der Waals surface area contributed by atoms with E-state index in [1.807, 2.05) is 11.0 Å². The van der Waals surface area contributed by atoms with Gasteiger partial charge in [0.2, 0.25) is 5.91 Å². The first-order valence-corrected chi connectivity index (χ1v) is 13.3. The Balaban J connectivity index is 1.19. The highest BCUT2D eigenvalue weighted by atomic mass is 32.1. The molecule has 0 bridgehead atoms. The molecular formula is C25H38N4O2S. The van der Waals surface area contributed by atoms with E-state index in [1.54, 1.807) is 11.3 Å². The van der Waals surface area contributed by atoms with Gasteiger partial charge in [-0.3, -0.25) is 9.59 Å². The van der Waals surface area contributed by atoms with Crippen LogP contribution in [0.3, 0.4) is 0 Å². The summed E-state index contributed by atoms with van der Waals surface area (Å²) >= 11 is 1.68. The number of aromatic nitrogens is 1. The van der Waals surface area contributed by atoms with Gasteiger partial charge in [-0.05, 0) is 70.1 Å². The van der Waals surface area contributed by atoms with Gasteiger partial charge in [-0.1, -0.05) is 19.3 Å². The molecule has 2 aromatic heterocycles. The van der Waals surface area contributed by atoms with Crippen molar-refractivity contribution in [2.75, 3.05) is 33.2 Å². The zero-order valence-corrected chi connectivity index (χ0v) is 20.5. The summed E-state index contributed by atoms with van der Waals surface area (Å²) < 4.78 is 3.27. The lowest BCUT2D eigenvalue weighted by Crippen LogP contribution is -2.44. The third-order valence-corrected chi connectivity index (χ3v) is 8.25. The number of amides is 2. The minimum atomic E-state index is 0.0246. The summed E-state index contributed by atoms with van der Waals surface area (Å²) in [6.45, 7) is 5.98. The first-order chi connectivity index (χ1) is 15.6. The molecule has 2 aliphatic rings. The van der Waals surface area contributed by atoms with Crippen molar-refractivity contribution >= 4 is 33.4 Å². The highest BCUT2D eigenvalue weighted by Crippen LogP contribution is 2.27. The highest BCUT2D eigenvalue weighted by molar-refractivity contribution is 7.17. The maximum Gasteiger partial charge on any atom is 0.270 e. The quantitative estimate of drug-likeness (QED) is 0.599. The summed E-state index contributed by atoms with van der Waals surface area (Å²) in [7, 11) is 2.23. The minimum Gasteiger partial charge on any atom is -0.356 e. The molecule has 2 amide bonds. The van der Waals surface area contributed by atoms with Crippen LogP contribution in [0.4, 0.5) is 0 Å². The van der Waals surface area contributed by atoms with Crippen molar-refractivity contribution in [3.05, 3.63) is 23.2 Å². The molecule has 0 unspecified atom stereocenters. The molecule has 1 aliphatic heterocycles. The largest absolute Gasteiger partial charge is 0.356 e. The number of piperidine rings is 1. The average molecular weight is 459 g/mol. The van der Waals surface area contributed by atoms with Gasteiger partial charge in [-0.15, -0.1) is 11.3 Å². The monoisotopic (exact) mass is 458 g/mol. The van der Waals surface area contributed by atoms with Crippen LogP contribution in [0.1, 0.15) is 68.8 Å². The Morgan fingerprint density at radius 1 is 1.16 bits per heavy atom. The fourth-order valence-electron chi connectivity index (χ4n) is 5.39. The maximum atomic E-state index is 13.1. The third kappa shape index (κ3) is 5.20. The van der Waals surface area contributed by atoms with E-state index in [0.29, 0.717) is 13.1 Å². The minimum absolute atomic E-state index is 0.0246. The first-order valence-electron chi connectivity index (χ1n) is 12.4. The molecule has 4 rings (SSSR count). The molecule has 1 N–H and O–H groups in total. The fraction of sp³-hybridized carbons (Fsp3) is 0.680. The van der Waals surface area contributed by atoms with Crippen LogP contribution in [-0.2, 0) is 11.3 Å². The van der Waals surface area contributed by atoms with E-state index in [2.05, 4.69) is 40.2 Å². The van der Waals surface area contributed by atoms with Crippen molar-refractivity contribution < 1.29 is 9.59 Å². The number of fused-ring (bicyclic) bond motifs is 1. The second kappa shape index (κ2) is 10.8. The lowest BCUT2D eigenvalue weighted by Gasteiger charge is -2.32. The topological polar surface area (TPSA) is 57.6 Å². The number of carbonyl (C=O) groups excluding carboxylic acids is 2. The molecule has 3 heterocycles. The van der Waals surface area contributed by atoms with E-state index in [0.717, 1.165) is 56.1 Å². The van der Waals surface area contributed by atoms with Crippen LogP contribution in [0.15, 0.2) is 17.5 Å². The van der Waals surface area contributed by atoms with Gasteiger partial charge in [-0.25, -0.2) is 0 Å². The summed E-state index contributed by atoms with van der Waals surface area (Å²) in [5.74, 6) is 0.284. The standard InChI is InChI=1S/C25H38N4O2S/c1-3-29-21-12-17-32-23(21)18-22(29)25(31)28-15-10-19(11-16-28)24(30)26-13-7-14-27(2)20-8-5-4-6-9-20/h12,17-20H,3-11,13-16H2,1-2H3,(H,26,30). The SMILES string of the molecule is CCn1c(C(=O)N2CCC(C(=O)NCCCN(C)C3CCCCC3)CC2)cc2sccc21. The second-order valence-electron chi connectivity index (χ2n) is 9.43. The highest BCUT2D eigenvalue weighted by Gasteiger charge is 2.29. The Morgan fingerprint density at radius 2 is 1.91 bits per heavy atom. The second-order valence-corrected chi connectivity index (χ2v) is 10.4. The third-order valence-electron chi connectivity index (χ3n) is 7.40. The van der Waals surface area contributed by atoms with Crippen molar-refractivity contribution in [2.45, 2.75) is 70.9 Å². The molecule has 32 heavy (non-hydrogen) atoms. The van der Waals surface area contributed by atoms with Gasteiger partial charge in [0.1, 0.15) is 5.69 Å². The number of thiophene rings is 1. The van der Waals surface area contributed by atoms with E-state index in [9.17, 15) is 9.59 Å². The molecular weight excluding hydrogens is 420 g/mol. The molecule has 0 aromatic carbocycles. The van der Waals surface area contributed by atoms with Gasteiger partial charge in [0.25, 0.3) is 5.91 Å². The van der Waals surface area contributed by atoms with Gasteiger partial charge < -0.3 is 19.7 Å². The van der Waals surface area contributed by atoms with Gasteiger partial charge >= 0.3 is 0 Å². The molecule has 1 saturated carbocycles. The molecule has 2 fully saturated rings. The van der Waals surface area contributed by atoms with Gasteiger partial charge in [0.15, 0.2) is 0 Å². The van der Waals surface area contributed by atoms with Gasteiger partial charge in [0, 0.05) is 38.1 Å². The number of hydrogen-bond donors (Lipinski definition) is 1. The van der Waals surface area contributed by atoms with Crippen LogP contribution in [-0.4, -0.2) is 65.4 Å². The summed E-state index contributed by atoms with van der Waals surface area (Å²) in [6, 6.07) is 4.84. The van der Waals surface area contributed by atoms with Gasteiger partial charge in [-0.2, -0.15) is 0 Å². The summed E-state index contributed by atoms with van der Waals surface area (Å²) in [5.41, 5.74) is 1.92. The molecule has 176 valence electrons. The number of likely N-dealkylation sites (tertiary alicyclic amines) is 1. The number of hydrogen-bond acceptors (Lipinski definition) is 4. The van der Waals surface area contributed by atoms with Crippen LogP contribution >= 0.6 is 11.3 Å². The van der Waals surface area contributed by atoms with Crippen molar-refractivity contribution in [2.24, 2.45) is 5.92 Å². The number of nitrogens with one attached hydrogen (secondary N) is 1. The van der Waals surface area contributed by atoms with E-state index in [1.165, 1.54) is 36.8 Å². The Bertz CT molecular complexity index is 906. The molecule has 0 radical (unpaired) electrons. The van der Waals surface area contributed by atoms with Crippen molar-refractivity contribution in [3.63, 3.8) is 0 Å². The van der Waals surface area contributed by atoms with E-state index in [4.69, 9.17) is 0 Å². The van der Waals surface area contributed by atoms with Gasteiger partial charge in [0.05, 0.1) is 10.2 Å². The van der Waals surface area contributed by atoms with Crippen LogP contribution in [0, 0.1) is 5.92 Å². The Hall–Kier alpha value is -1.86. The fourth-order valence-corrected chi connectivity index (χ4v) is 6.21. The Morgan fingerprint density at radius 3 is 2.62 bits per heavy atom. The first kappa shape index (κ1) is 23.3. The summed E-state index contributed by atoms with van der Waals surface area (Å²) in [4.78, 5) is 30.2. The van der Waals surface area contributed by atoms with E-state index >= 15 is 0 Å². The van der Waals surface area contributed by atoms with Crippen LogP contribution in [0.25, 0.3) is 10.2 Å². The van der Waals surface area contributed by atoms with Crippen LogP contribution < -0.4 is 5.32 Å². The average Bonchev–Trinajstić information content (AvgIpc) is 3.43. The summed E-state index contributed by atoms with van der Waals surface area (Å²) in [5, 5.41) is 5.22. The molecule has 2 aromatic rings. The zero-order valence-electron chi connectivity index (χ0n) is 19.6. The number of carbonyl (C=O) groups is 2. The Labute approximate surface area is 195 Å². The molecule has 1 saturated heterocycles. The number of nitrogens with zero attached hydrogens (tertiary/aromatic N) is 3. The number of rotatable bonds is 8. The predicted octanol–water partition coefficient (Wildman–Crippen LogP) is 4.35. The van der Waals surface area contributed by atoms with E-state index < -0.39 is 0 Å². The summed E-state index contributed by atoms with van der Waals surface area (Å²) in [6.07, 6.45) is 9.24. The maximum absolute atomic E-state index is 13.1. The number of aryl methyl sites for hydroxylation is 1. The normalized spacial score (nSPS) is 18.5. The van der Waals surface area contributed by atoms with Crippen molar-refractivity contribution in [1.82, 2.24) is 19.7 Å². The van der Waals surface area contributed by atoms with Crippen LogP contribution in [0.2, 0.25) is 0 Å². The van der Waals surface area contributed by atoms with E-state index in [-0.39, 0.29) is 17.7 Å². The molecule has 6 nitrogen and oxygen atoms in total. The Kier molecular flexibility index (Phi) is 7.89. The molecule has 1 aliphatic carbocycles. The molecule has 0 atom stereocenters.